The topological polar surface area (TPSA) is 27.7 Å². The van der Waals surface area contributed by atoms with Gasteiger partial charge >= 0.3 is 8.60 Å². The summed E-state index contributed by atoms with van der Waals surface area (Å²) in [4.78, 5) is 0. The second-order valence-corrected chi connectivity index (χ2v) is 32.9. The van der Waals surface area contributed by atoms with E-state index in [2.05, 4.69) is 184 Å². The zero-order valence-electron chi connectivity index (χ0n) is 63.1. The summed E-state index contributed by atoms with van der Waals surface area (Å²) in [5.41, 5.74) is 7.05. The van der Waals surface area contributed by atoms with E-state index in [0.717, 1.165) is 57.8 Å². The summed E-state index contributed by atoms with van der Waals surface area (Å²) in [5.74, 6) is 0. The summed E-state index contributed by atoms with van der Waals surface area (Å²) in [7, 11) is -1.49. The number of hydrogen-bond acceptors (Lipinski definition) is 3. The van der Waals surface area contributed by atoms with Crippen molar-refractivity contribution in [1.29, 1.82) is 0 Å². The van der Waals surface area contributed by atoms with Gasteiger partial charge in [-0.05, 0) is 145 Å². The predicted octanol–water partition coefficient (Wildman–Crippen LogP) is 29.6. The molecule has 0 bridgehead atoms. The van der Waals surface area contributed by atoms with E-state index >= 15 is 0 Å². The molecule has 0 rings (SSSR count). The first kappa shape index (κ1) is 84.5. The van der Waals surface area contributed by atoms with Crippen LogP contribution in [-0.2, 0) is 13.6 Å². The van der Waals surface area contributed by atoms with Gasteiger partial charge in [0.15, 0.2) is 0 Å². The normalized spacial score (nSPS) is 14.4. The van der Waals surface area contributed by atoms with Crippen molar-refractivity contribution in [3.63, 3.8) is 0 Å². The molecule has 85 heavy (non-hydrogen) atoms. The summed E-state index contributed by atoms with van der Waals surface area (Å²) in [5, 5.41) is 0. The summed E-state index contributed by atoms with van der Waals surface area (Å²) in [6.45, 7) is 62.2. The van der Waals surface area contributed by atoms with Gasteiger partial charge in [0.05, 0.1) is 19.8 Å². The highest BCUT2D eigenvalue weighted by molar-refractivity contribution is 7.41. The molecule has 0 atom stereocenters. The Kier molecular flexibility index (Phi) is 43.9. The number of hydrogen-bond donors (Lipinski definition) is 0. The van der Waals surface area contributed by atoms with Crippen molar-refractivity contribution >= 4 is 8.60 Å². The van der Waals surface area contributed by atoms with Gasteiger partial charge < -0.3 is 13.6 Å². The van der Waals surface area contributed by atoms with E-state index in [0.29, 0.717) is 19.8 Å². The SMILES string of the molecule is CCC/C=C(\CCCOP(OCCC/C(=C\CCC)CC(CCCCCCC)(C(C)(C)CC)C(C)(C)CC)OCCC/C(=C\CCC)CC(CCCCCCC)(C(C)(C)CC)C(C)(C)CC)CC(CCCCCCC)(C(C)(C)CC)C(C)(C)CC. The van der Waals surface area contributed by atoms with E-state index in [1.807, 2.05) is 0 Å². The van der Waals surface area contributed by atoms with Gasteiger partial charge in [0.1, 0.15) is 0 Å². The summed E-state index contributed by atoms with van der Waals surface area (Å²) < 4.78 is 20.9. The van der Waals surface area contributed by atoms with Gasteiger partial charge in [0, 0.05) is 0 Å². The Bertz CT molecular complexity index is 1490. The van der Waals surface area contributed by atoms with E-state index in [-0.39, 0.29) is 48.7 Å². The van der Waals surface area contributed by atoms with E-state index in [9.17, 15) is 0 Å². The Morgan fingerprint density at radius 2 is 0.482 bits per heavy atom. The maximum Gasteiger partial charge on any atom is 0.332 e. The molecule has 0 radical (unpaired) electrons. The molecular formula is C81H159O3P. The molecule has 0 N–H and O–H groups in total. The largest absolute Gasteiger partial charge is 0.332 e. The first-order valence-corrected chi connectivity index (χ1v) is 38.9. The van der Waals surface area contributed by atoms with Crippen LogP contribution in [0.25, 0.3) is 0 Å². The lowest BCUT2D eigenvalue weighted by Crippen LogP contribution is -2.49. The molecule has 0 aromatic rings. The lowest BCUT2D eigenvalue weighted by Gasteiger charge is -2.57. The molecule has 0 amide bonds. The van der Waals surface area contributed by atoms with Gasteiger partial charge in [0.2, 0.25) is 0 Å². The van der Waals surface area contributed by atoms with Crippen LogP contribution in [0, 0.1) is 48.7 Å². The van der Waals surface area contributed by atoms with Crippen LogP contribution in [0.5, 0.6) is 0 Å². The molecule has 0 aliphatic carbocycles. The molecule has 0 aromatic carbocycles. The molecule has 0 aromatic heterocycles. The van der Waals surface area contributed by atoms with Crippen molar-refractivity contribution < 1.29 is 13.6 Å². The van der Waals surface area contributed by atoms with Crippen LogP contribution >= 0.6 is 8.60 Å². The molecular weight excluding hydrogens is 1050 g/mol. The lowest BCUT2D eigenvalue weighted by atomic mass is 9.47. The van der Waals surface area contributed by atoms with Gasteiger partial charge in [-0.3, -0.25) is 0 Å². The Labute approximate surface area is 539 Å². The zero-order chi connectivity index (χ0) is 64.8. The van der Waals surface area contributed by atoms with Crippen LogP contribution in [0.15, 0.2) is 34.9 Å². The van der Waals surface area contributed by atoms with Gasteiger partial charge in [-0.1, -0.05) is 355 Å². The van der Waals surface area contributed by atoms with E-state index < -0.39 is 8.60 Å². The van der Waals surface area contributed by atoms with E-state index in [4.69, 9.17) is 13.6 Å². The van der Waals surface area contributed by atoms with Crippen molar-refractivity contribution in [2.45, 2.75) is 417 Å². The van der Waals surface area contributed by atoms with E-state index in [1.54, 1.807) is 16.7 Å². The molecule has 0 heterocycles. The molecule has 4 heteroatoms. The van der Waals surface area contributed by atoms with Crippen LogP contribution < -0.4 is 0 Å². The Balaban J connectivity index is 7.25. The minimum Gasteiger partial charge on any atom is -0.312 e. The average Bonchev–Trinajstić information content (AvgIpc) is 2.14. The molecule has 0 aliphatic heterocycles. The van der Waals surface area contributed by atoms with Crippen molar-refractivity contribution in [1.82, 2.24) is 0 Å². The molecule has 0 aliphatic rings. The third kappa shape index (κ3) is 27.0. The third-order valence-corrected chi connectivity index (χ3v) is 25.6. The van der Waals surface area contributed by atoms with Crippen LogP contribution in [0.4, 0.5) is 0 Å². The lowest BCUT2D eigenvalue weighted by molar-refractivity contribution is -0.0683. The molecule has 506 valence electrons. The van der Waals surface area contributed by atoms with Crippen molar-refractivity contribution in [2.75, 3.05) is 19.8 Å². The van der Waals surface area contributed by atoms with Gasteiger partial charge in [-0.15, -0.1) is 0 Å². The number of rotatable bonds is 57. The molecule has 0 saturated carbocycles. The summed E-state index contributed by atoms with van der Waals surface area (Å²) in [6, 6.07) is 0. The third-order valence-electron chi connectivity index (χ3n) is 24.5. The summed E-state index contributed by atoms with van der Waals surface area (Å²) in [6.07, 6.45) is 56.2. The van der Waals surface area contributed by atoms with Crippen LogP contribution in [-0.4, -0.2) is 19.8 Å². The number of unbranched alkanes of at least 4 members (excludes halogenated alkanes) is 15. The molecule has 0 unspecified atom stereocenters. The highest BCUT2D eigenvalue weighted by Crippen LogP contribution is 2.64. The Morgan fingerprint density at radius 1 is 0.271 bits per heavy atom. The van der Waals surface area contributed by atoms with Crippen LogP contribution in [0.3, 0.4) is 0 Å². The number of allylic oxidation sites excluding steroid dienone is 6. The highest BCUT2D eigenvalue weighted by Gasteiger charge is 2.55. The standard InChI is InChI=1S/C81H159O3P/c1-25-37-43-46-49-61-79(73(13,14)31-7,74(15,16)32-8)67-70(55-40-28-4)58-52-64-82-85(83-65-53-59-71(56-41-29-5)68-80(75(17,18)33-9,76(19,20)34-10)62-50-47-44-38-26-2)84-66-54-60-72(57-42-30-6)69-81(77(21,22)35-11,78(23,24)36-12)63-51-48-45-39-27-3/h55-57H,25-54,58-69H2,1-24H3/b70-55+,71-56+,72-57+. The molecule has 0 spiro atoms. The van der Waals surface area contributed by atoms with Crippen molar-refractivity contribution in [3.05, 3.63) is 34.9 Å². The molecule has 3 nitrogen and oxygen atoms in total. The van der Waals surface area contributed by atoms with Gasteiger partial charge in [-0.25, -0.2) is 0 Å². The quantitative estimate of drug-likeness (QED) is 0.0345. The monoisotopic (exact) mass is 1210 g/mol. The fraction of sp³-hybridized carbons (Fsp3) is 0.926. The van der Waals surface area contributed by atoms with Crippen LogP contribution in [0.1, 0.15) is 417 Å². The maximum atomic E-state index is 6.96. The summed E-state index contributed by atoms with van der Waals surface area (Å²) >= 11 is 0. The van der Waals surface area contributed by atoms with Gasteiger partial charge in [-0.2, -0.15) is 0 Å². The first-order chi connectivity index (χ1) is 40.1. The molecule has 0 saturated heterocycles. The first-order valence-electron chi connectivity index (χ1n) is 37.9. The zero-order valence-corrected chi connectivity index (χ0v) is 64.0. The van der Waals surface area contributed by atoms with Gasteiger partial charge in [0.25, 0.3) is 0 Å². The minimum atomic E-state index is -1.49. The fourth-order valence-electron chi connectivity index (χ4n) is 16.0. The maximum absolute atomic E-state index is 6.96. The highest BCUT2D eigenvalue weighted by atomic mass is 31.2. The van der Waals surface area contributed by atoms with Crippen LogP contribution in [0.2, 0.25) is 0 Å². The Morgan fingerprint density at radius 3 is 0.671 bits per heavy atom. The average molecular weight is 1210 g/mol. The van der Waals surface area contributed by atoms with Crippen molar-refractivity contribution in [2.24, 2.45) is 48.7 Å². The van der Waals surface area contributed by atoms with Crippen molar-refractivity contribution in [3.8, 4) is 0 Å². The predicted molar refractivity (Wildman–Crippen MR) is 387 cm³/mol. The fourth-order valence-corrected chi connectivity index (χ4v) is 17.1. The minimum absolute atomic E-state index is 0.226. The second kappa shape index (κ2) is 44.1. The Hall–Kier alpha value is -0.470. The molecule has 0 fully saturated rings. The smallest absolute Gasteiger partial charge is 0.312 e. The van der Waals surface area contributed by atoms with E-state index in [1.165, 1.54) is 193 Å². The second-order valence-electron chi connectivity index (χ2n) is 31.7.